The van der Waals surface area contributed by atoms with Gasteiger partial charge in [0.2, 0.25) is 5.82 Å². The normalized spacial score (nSPS) is 13.5. The van der Waals surface area contributed by atoms with Crippen molar-refractivity contribution in [3.8, 4) is 23.3 Å². The van der Waals surface area contributed by atoms with Crippen LogP contribution in [0.15, 0.2) is 65.2 Å². The molecule has 12 heteroatoms. The molecule has 0 bridgehead atoms. The molecule has 3 aromatic rings. The maximum Gasteiger partial charge on any atom is 0.280 e. The molecule has 0 unspecified atom stereocenters. The number of oxime groups is 2. The molecule has 0 fully saturated rings. The van der Waals surface area contributed by atoms with Crippen molar-refractivity contribution in [3.63, 3.8) is 0 Å². The number of nitrogens with zero attached hydrogens (tertiary/aromatic N) is 4. The molecular formula is C20H14ClFN4O6. The highest BCUT2D eigenvalue weighted by atomic mass is 35.5. The zero-order valence-electron chi connectivity index (χ0n) is 16.1. The number of ether oxygens (including phenoxy) is 3. The van der Waals surface area contributed by atoms with Crippen molar-refractivity contribution in [3.05, 3.63) is 71.3 Å². The average molecular weight is 461 g/mol. The van der Waals surface area contributed by atoms with Gasteiger partial charge in [0, 0.05) is 0 Å². The summed E-state index contributed by atoms with van der Waals surface area (Å²) in [6.45, 7) is 0.449. The first-order valence-electron chi connectivity index (χ1n) is 9.09. The van der Waals surface area contributed by atoms with Gasteiger partial charge in [0.05, 0.1) is 10.6 Å². The lowest BCUT2D eigenvalue weighted by molar-refractivity contribution is -0.242. The maximum absolute atomic E-state index is 15.0. The highest BCUT2D eigenvalue weighted by Crippen LogP contribution is 2.33. The second kappa shape index (κ2) is 9.90. The zero-order valence-corrected chi connectivity index (χ0v) is 16.9. The minimum Gasteiger partial charge on any atom is -0.470 e. The number of rotatable bonds is 7. The molecule has 1 aliphatic rings. The summed E-state index contributed by atoms with van der Waals surface area (Å²) < 4.78 is 31.5. The summed E-state index contributed by atoms with van der Waals surface area (Å²) in [6.07, 6.45) is 1.07. The molecule has 0 spiro atoms. The van der Waals surface area contributed by atoms with E-state index in [9.17, 15) is 0 Å². The van der Waals surface area contributed by atoms with Gasteiger partial charge in [0.15, 0.2) is 12.3 Å². The Morgan fingerprint density at radius 3 is 2.38 bits per heavy atom. The Bertz CT molecular complexity index is 1180. The van der Waals surface area contributed by atoms with Crippen molar-refractivity contribution in [2.24, 2.45) is 10.3 Å². The standard InChI is InChI=1S/C20H14ClFN4O6/c21-13-6-2-4-8-15(13)31-19-16(22)18(23-11-24-19)30-14-7-3-1-5-12(14)17(25-32-27)20-26-29-10-9-28-20/h1-8,11,27H,9-10H2/b25-17+. The fourth-order valence-corrected chi connectivity index (χ4v) is 2.80. The summed E-state index contributed by atoms with van der Waals surface area (Å²) in [5, 5.41) is 16.4. The second-order valence-electron chi connectivity index (χ2n) is 6.03. The Balaban J connectivity index is 1.66. The Hall–Kier alpha value is -3.96. The van der Waals surface area contributed by atoms with E-state index < -0.39 is 11.7 Å². The van der Waals surface area contributed by atoms with Gasteiger partial charge in [-0.2, -0.15) is 19.6 Å². The summed E-state index contributed by atoms with van der Waals surface area (Å²) in [4.78, 5) is 16.5. The first kappa shape index (κ1) is 21.3. The van der Waals surface area contributed by atoms with Crippen molar-refractivity contribution in [2.75, 3.05) is 13.2 Å². The zero-order chi connectivity index (χ0) is 22.3. The van der Waals surface area contributed by atoms with Crippen molar-refractivity contribution >= 4 is 23.2 Å². The van der Waals surface area contributed by atoms with Crippen LogP contribution >= 0.6 is 11.6 Å². The average Bonchev–Trinajstić information content (AvgIpc) is 2.82. The van der Waals surface area contributed by atoms with Crippen LogP contribution in [0.5, 0.6) is 23.3 Å². The lowest BCUT2D eigenvalue weighted by atomic mass is 10.1. The van der Waals surface area contributed by atoms with Gasteiger partial charge in [-0.05, 0) is 34.6 Å². The lowest BCUT2D eigenvalue weighted by Crippen LogP contribution is -2.25. The minimum absolute atomic E-state index is 0.0511. The molecule has 0 radical (unpaired) electrons. The van der Waals surface area contributed by atoms with Crippen molar-refractivity contribution < 1.29 is 33.7 Å². The van der Waals surface area contributed by atoms with Gasteiger partial charge >= 0.3 is 0 Å². The number of para-hydroxylation sites is 2. The molecule has 1 N–H and O–H groups in total. The number of aromatic nitrogens is 2. The Morgan fingerprint density at radius 1 is 1.00 bits per heavy atom. The van der Waals surface area contributed by atoms with E-state index >= 15 is 4.39 Å². The Morgan fingerprint density at radius 2 is 1.69 bits per heavy atom. The molecular weight excluding hydrogens is 447 g/mol. The molecule has 0 saturated carbocycles. The van der Waals surface area contributed by atoms with Crippen molar-refractivity contribution in [1.29, 1.82) is 0 Å². The van der Waals surface area contributed by atoms with Gasteiger partial charge in [-0.25, -0.2) is 4.99 Å². The monoisotopic (exact) mass is 460 g/mol. The number of halogens is 2. The third-order valence-corrected chi connectivity index (χ3v) is 4.33. The minimum atomic E-state index is -0.964. The van der Waals surface area contributed by atoms with E-state index in [1.807, 2.05) is 0 Å². The quantitative estimate of drug-likeness (QED) is 0.313. The number of hydrogen-bond acceptors (Lipinski definition) is 10. The predicted molar refractivity (Wildman–Crippen MR) is 110 cm³/mol. The molecule has 2 heterocycles. The van der Waals surface area contributed by atoms with E-state index in [0.717, 1.165) is 6.33 Å². The fraction of sp³-hybridized carbons (Fsp3) is 0.100. The van der Waals surface area contributed by atoms with Gasteiger partial charge in [-0.3, -0.25) is 0 Å². The number of hydrogen-bond donors (Lipinski definition) is 1. The van der Waals surface area contributed by atoms with E-state index in [0.29, 0.717) is 0 Å². The van der Waals surface area contributed by atoms with Crippen LogP contribution in [0.3, 0.4) is 0 Å². The third-order valence-electron chi connectivity index (χ3n) is 4.01. The molecule has 0 saturated heterocycles. The maximum atomic E-state index is 15.0. The summed E-state index contributed by atoms with van der Waals surface area (Å²) in [5.74, 6) is -1.54. The van der Waals surface area contributed by atoms with Gasteiger partial charge in [-0.15, -0.1) is 0 Å². The van der Waals surface area contributed by atoms with E-state index in [1.54, 1.807) is 42.5 Å². The number of benzene rings is 2. The van der Waals surface area contributed by atoms with Gasteiger partial charge in [0.1, 0.15) is 24.4 Å². The van der Waals surface area contributed by atoms with Crippen LogP contribution in [0, 0.1) is 5.82 Å². The summed E-state index contributed by atoms with van der Waals surface area (Å²) >= 11 is 6.05. The highest BCUT2D eigenvalue weighted by molar-refractivity contribution is 6.45. The predicted octanol–water partition coefficient (Wildman–Crippen LogP) is 4.41. The van der Waals surface area contributed by atoms with E-state index in [1.165, 1.54) is 6.07 Å². The lowest BCUT2D eigenvalue weighted by Gasteiger charge is -2.16. The second-order valence-corrected chi connectivity index (χ2v) is 6.44. The van der Waals surface area contributed by atoms with E-state index in [-0.39, 0.29) is 52.8 Å². The van der Waals surface area contributed by atoms with Crippen LogP contribution < -0.4 is 9.47 Å². The van der Waals surface area contributed by atoms with E-state index in [4.69, 9.17) is 35.9 Å². The topological polar surface area (TPSA) is 117 Å². The van der Waals surface area contributed by atoms with Gasteiger partial charge in [-0.1, -0.05) is 35.9 Å². The summed E-state index contributed by atoms with van der Waals surface area (Å²) in [5.41, 5.74) is 0.196. The van der Waals surface area contributed by atoms with Crippen LogP contribution in [0.25, 0.3) is 0 Å². The van der Waals surface area contributed by atoms with Crippen molar-refractivity contribution in [2.45, 2.75) is 0 Å². The third kappa shape index (κ3) is 4.68. The molecule has 164 valence electrons. The van der Waals surface area contributed by atoms with Gasteiger partial charge in [0.25, 0.3) is 17.7 Å². The molecule has 1 aromatic heterocycles. The molecule has 4 rings (SSSR count). The Kier molecular flexibility index (Phi) is 6.58. The van der Waals surface area contributed by atoms with E-state index in [2.05, 4.69) is 25.3 Å². The molecule has 0 atom stereocenters. The molecule has 10 nitrogen and oxygen atoms in total. The summed E-state index contributed by atoms with van der Waals surface area (Å²) in [6, 6.07) is 12.9. The van der Waals surface area contributed by atoms with Gasteiger partial charge < -0.3 is 19.0 Å². The summed E-state index contributed by atoms with van der Waals surface area (Å²) in [7, 11) is 0. The van der Waals surface area contributed by atoms with Crippen LogP contribution in [0.1, 0.15) is 5.56 Å². The Labute approximate surface area is 185 Å². The molecule has 32 heavy (non-hydrogen) atoms. The largest absolute Gasteiger partial charge is 0.470 e. The molecule has 2 aromatic carbocycles. The van der Waals surface area contributed by atoms with Crippen LogP contribution in [0.4, 0.5) is 4.39 Å². The van der Waals surface area contributed by atoms with Crippen molar-refractivity contribution in [1.82, 2.24) is 9.97 Å². The highest BCUT2D eigenvalue weighted by Gasteiger charge is 2.24. The smallest absolute Gasteiger partial charge is 0.280 e. The first-order valence-corrected chi connectivity index (χ1v) is 9.47. The van der Waals surface area contributed by atoms with Crippen LogP contribution in [0.2, 0.25) is 5.02 Å². The molecule has 0 aliphatic carbocycles. The van der Waals surface area contributed by atoms with Crippen LogP contribution in [-0.4, -0.2) is 40.0 Å². The molecule has 1 aliphatic heterocycles. The fourth-order valence-electron chi connectivity index (χ4n) is 2.63. The SMILES string of the molecule is OO/N=C(/C1=NOCCO1)c1ccccc1Oc1ncnc(Oc2ccccc2Cl)c1F. The first-order chi connectivity index (χ1) is 15.7. The van der Waals surface area contributed by atoms with Crippen LogP contribution in [-0.2, 0) is 14.6 Å². The molecule has 0 amide bonds.